The van der Waals surface area contributed by atoms with Crippen LogP contribution in [-0.2, 0) is 5.41 Å². The molecule has 0 saturated heterocycles. The van der Waals surface area contributed by atoms with E-state index in [1.807, 2.05) is 18.2 Å². The van der Waals surface area contributed by atoms with Gasteiger partial charge < -0.3 is 9.32 Å². The average Bonchev–Trinajstić information content (AvgIpc) is 2.99. The van der Waals surface area contributed by atoms with Crippen LogP contribution >= 0.6 is 0 Å². The molecule has 2 nitrogen and oxygen atoms in total. The Morgan fingerprint density at radius 2 is 1.44 bits per heavy atom. The molecular formula is C23H23NO. The van der Waals surface area contributed by atoms with E-state index in [1.54, 1.807) is 0 Å². The van der Waals surface area contributed by atoms with Crippen molar-refractivity contribution in [2.24, 2.45) is 0 Å². The van der Waals surface area contributed by atoms with Crippen molar-refractivity contribution in [2.75, 3.05) is 11.9 Å². The highest BCUT2D eigenvalue weighted by molar-refractivity contribution is 6.12. The first-order valence-electron chi connectivity index (χ1n) is 8.70. The molecule has 0 unspecified atom stereocenters. The van der Waals surface area contributed by atoms with E-state index in [0.29, 0.717) is 0 Å². The Morgan fingerprint density at radius 1 is 0.760 bits per heavy atom. The van der Waals surface area contributed by atoms with Gasteiger partial charge in [0.05, 0.1) is 11.1 Å². The van der Waals surface area contributed by atoms with E-state index in [2.05, 4.69) is 81.2 Å². The number of hydrogen-bond acceptors (Lipinski definition) is 2. The first-order chi connectivity index (χ1) is 11.9. The van der Waals surface area contributed by atoms with Gasteiger partial charge in [0, 0.05) is 18.1 Å². The smallest absolute Gasteiger partial charge is 0.137 e. The van der Waals surface area contributed by atoms with Crippen LogP contribution < -0.4 is 4.90 Å². The highest BCUT2D eigenvalue weighted by Crippen LogP contribution is 2.38. The zero-order valence-electron chi connectivity index (χ0n) is 15.2. The highest BCUT2D eigenvalue weighted by Gasteiger charge is 2.16. The molecule has 0 aliphatic rings. The van der Waals surface area contributed by atoms with Crippen molar-refractivity contribution in [3.05, 3.63) is 72.3 Å². The lowest BCUT2D eigenvalue weighted by Gasteiger charge is -2.23. The summed E-state index contributed by atoms with van der Waals surface area (Å²) in [7, 11) is 2.11. The minimum absolute atomic E-state index is 0.165. The topological polar surface area (TPSA) is 16.4 Å². The van der Waals surface area contributed by atoms with Gasteiger partial charge in [0.15, 0.2) is 0 Å². The molecule has 0 spiro atoms. The highest BCUT2D eigenvalue weighted by atomic mass is 16.3. The molecule has 0 aliphatic carbocycles. The van der Waals surface area contributed by atoms with Crippen molar-refractivity contribution >= 4 is 33.3 Å². The summed E-state index contributed by atoms with van der Waals surface area (Å²) in [5, 5.41) is 2.33. The summed E-state index contributed by atoms with van der Waals surface area (Å²) < 4.78 is 6.02. The third-order valence-electron chi connectivity index (χ3n) is 4.86. The zero-order valence-corrected chi connectivity index (χ0v) is 15.2. The third-order valence-corrected chi connectivity index (χ3v) is 4.86. The van der Waals surface area contributed by atoms with Crippen LogP contribution in [0.4, 0.5) is 11.4 Å². The van der Waals surface area contributed by atoms with Gasteiger partial charge in [0.25, 0.3) is 0 Å². The maximum Gasteiger partial charge on any atom is 0.137 e. The molecule has 0 aliphatic heterocycles. The summed E-state index contributed by atoms with van der Waals surface area (Å²) in [6, 6.07) is 23.3. The Kier molecular flexibility index (Phi) is 3.57. The fourth-order valence-electron chi connectivity index (χ4n) is 3.36. The minimum atomic E-state index is 0.165. The van der Waals surface area contributed by atoms with Crippen molar-refractivity contribution < 1.29 is 4.42 Å². The minimum Gasteiger partial charge on any atom is -0.456 e. The first-order valence-corrected chi connectivity index (χ1v) is 8.70. The van der Waals surface area contributed by atoms with Crippen molar-refractivity contribution in [1.82, 2.24) is 0 Å². The van der Waals surface area contributed by atoms with E-state index >= 15 is 0 Å². The monoisotopic (exact) mass is 329 g/mol. The summed E-state index contributed by atoms with van der Waals surface area (Å²) in [6.07, 6.45) is 0. The standard InChI is InChI=1S/C23H23NO/c1-23(2,3)16-12-14-17(15-13-16)24(4)19-9-7-11-21-22(19)18-8-5-6-10-20(18)25-21/h5-15H,1-4H3. The Morgan fingerprint density at radius 3 is 2.16 bits per heavy atom. The lowest BCUT2D eigenvalue weighted by Crippen LogP contribution is -2.13. The van der Waals surface area contributed by atoms with Crippen molar-refractivity contribution in [1.29, 1.82) is 0 Å². The Balaban J connectivity index is 1.84. The molecule has 0 saturated carbocycles. The second-order valence-corrected chi connectivity index (χ2v) is 7.60. The number of para-hydroxylation sites is 1. The average molecular weight is 329 g/mol. The second-order valence-electron chi connectivity index (χ2n) is 7.60. The largest absolute Gasteiger partial charge is 0.456 e. The van der Waals surface area contributed by atoms with Crippen LogP contribution in [0, 0.1) is 0 Å². The molecule has 0 radical (unpaired) electrons. The molecule has 0 atom stereocenters. The van der Waals surface area contributed by atoms with Crippen LogP contribution in [-0.4, -0.2) is 7.05 Å². The molecule has 3 aromatic carbocycles. The summed E-state index contributed by atoms with van der Waals surface area (Å²) in [5.74, 6) is 0. The second kappa shape index (κ2) is 5.66. The van der Waals surface area contributed by atoms with Crippen molar-refractivity contribution in [2.45, 2.75) is 26.2 Å². The first kappa shape index (κ1) is 15.8. The molecule has 4 rings (SSSR count). The lowest BCUT2D eigenvalue weighted by atomic mass is 9.87. The van der Waals surface area contributed by atoms with Crippen LogP contribution in [0.2, 0.25) is 0 Å². The molecule has 4 aromatic rings. The van der Waals surface area contributed by atoms with Crippen LogP contribution in [0.3, 0.4) is 0 Å². The zero-order chi connectivity index (χ0) is 17.6. The van der Waals surface area contributed by atoms with E-state index in [-0.39, 0.29) is 5.41 Å². The van der Waals surface area contributed by atoms with E-state index < -0.39 is 0 Å². The summed E-state index contributed by atoms with van der Waals surface area (Å²) in [4.78, 5) is 2.23. The molecular weight excluding hydrogens is 306 g/mol. The number of furan rings is 1. The molecule has 2 heteroatoms. The Bertz CT molecular complexity index is 1040. The number of fused-ring (bicyclic) bond motifs is 3. The van der Waals surface area contributed by atoms with Gasteiger partial charge >= 0.3 is 0 Å². The molecule has 126 valence electrons. The molecule has 0 bridgehead atoms. The summed E-state index contributed by atoms with van der Waals surface area (Å²) in [5.41, 5.74) is 5.70. The third kappa shape index (κ3) is 2.68. The van der Waals surface area contributed by atoms with E-state index in [1.165, 1.54) is 16.6 Å². The quantitative estimate of drug-likeness (QED) is 0.409. The van der Waals surface area contributed by atoms with Gasteiger partial charge in [0.2, 0.25) is 0 Å². The summed E-state index contributed by atoms with van der Waals surface area (Å²) in [6.45, 7) is 6.72. The van der Waals surface area contributed by atoms with Crippen LogP contribution in [0.15, 0.2) is 71.1 Å². The summed E-state index contributed by atoms with van der Waals surface area (Å²) >= 11 is 0. The number of anilines is 2. The molecule has 0 fully saturated rings. The van der Waals surface area contributed by atoms with E-state index in [0.717, 1.165) is 22.2 Å². The molecule has 1 aromatic heterocycles. The Labute approximate surface area is 148 Å². The van der Waals surface area contributed by atoms with Gasteiger partial charge in [-0.3, -0.25) is 0 Å². The van der Waals surface area contributed by atoms with Gasteiger partial charge in [-0.1, -0.05) is 57.2 Å². The van der Waals surface area contributed by atoms with Crippen molar-refractivity contribution in [3.8, 4) is 0 Å². The van der Waals surface area contributed by atoms with Gasteiger partial charge in [-0.2, -0.15) is 0 Å². The Hall–Kier alpha value is -2.74. The number of benzene rings is 3. The van der Waals surface area contributed by atoms with Gasteiger partial charge in [-0.25, -0.2) is 0 Å². The fraction of sp³-hybridized carbons (Fsp3) is 0.217. The maximum atomic E-state index is 6.02. The van der Waals surface area contributed by atoms with Gasteiger partial charge in [-0.15, -0.1) is 0 Å². The molecule has 0 N–H and O–H groups in total. The van der Waals surface area contributed by atoms with Crippen LogP contribution in [0.1, 0.15) is 26.3 Å². The fourth-order valence-corrected chi connectivity index (χ4v) is 3.36. The maximum absolute atomic E-state index is 6.02. The van der Waals surface area contributed by atoms with Crippen molar-refractivity contribution in [3.63, 3.8) is 0 Å². The van der Waals surface area contributed by atoms with Gasteiger partial charge in [0.1, 0.15) is 11.2 Å². The van der Waals surface area contributed by atoms with Gasteiger partial charge in [-0.05, 0) is 41.3 Å². The predicted molar refractivity (Wildman–Crippen MR) is 107 cm³/mol. The molecule has 0 amide bonds. The van der Waals surface area contributed by atoms with E-state index in [9.17, 15) is 0 Å². The van der Waals surface area contributed by atoms with Crippen LogP contribution in [0.5, 0.6) is 0 Å². The lowest BCUT2D eigenvalue weighted by molar-refractivity contribution is 0.590. The molecule has 25 heavy (non-hydrogen) atoms. The number of nitrogens with zero attached hydrogens (tertiary/aromatic N) is 1. The number of rotatable bonds is 2. The van der Waals surface area contributed by atoms with Crippen LogP contribution in [0.25, 0.3) is 21.9 Å². The number of hydrogen-bond donors (Lipinski definition) is 0. The SMILES string of the molecule is CN(c1ccc(C(C)(C)C)cc1)c1cccc2oc3ccccc3c12. The van der Waals surface area contributed by atoms with E-state index in [4.69, 9.17) is 4.42 Å². The molecule has 1 heterocycles. The predicted octanol–water partition coefficient (Wildman–Crippen LogP) is 6.65. The normalized spacial score (nSPS) is 12.0.